The van der Waals surface area contributed by atoms with Crippen molar-refractivity contribution in [3.63, 3.8) is 0 Å². The van der Waals surface area contributed by atoms with Gasteiger partial charge >= 0.3 is 0 Å². The second kappa shape index (κ2) is 8.49. The third kappa shape index (κ3) is 4.74. The van der Waals surface area contributed by atoms with E-state index >= 15 is 0 Å². The van der Waals surface area contributed by atoms with E-state index < -0.39 is 0 Å². The second-order valence-electron chi connectivity index (χ2n) is 7.91. The monoisotopic (exact) mass is 380 g/mol. The highest BCUT2D eigenvalue weighted by atomic mass is 32.2. The van der Waals surface area contributed by atoms with Crippen LogP contribution in [0.3, 0.4) is 0 Å². The molecule has 1 fully saturated rings. The Bertz CT molecular complexity index is 756. The molecule has 0 aliphatic carbocycles. The molecule has 142 valence electrons. The molecule has 2 aromatic carbocycles. The van der Waals surface area contributed by atoms with E-state index in [-0.39, 0.29) is 11.2 Å². The van der Waals surface area contributed by atoms with Crippen molar-refractivity contribution in [2.45, 2.75) is 49.4 Å². The molecule has 0 radical (unpaired) electrons. The zero-order chi connectivity index (χ0) is 18.6. The fraction of sp³-hybridized carbons (Fsp3) is 0.435. The Labute approximate surface area is 166 Å². The first kappa shape index (κ1) is 18.6. The molecule has 1 saturated heterocycles. The summed E-state index contributed by atoms with van der Waals surface area (Å²) in [4.78, 5) is 16.3. The number of likely N-dealkylation sites (tertiary alicyclic amines) is 1. The van der Waals surface area contributed by atoms with Crippen LogP contribution < -0.4 is 5.32 Å². The molecule has 1 unspecified atom stereocenters. The largest absolute Gasteiger partial charge is 0.351 e. The van der Waals surface area contributed by atoms with E-state index in [0.717, 1.165) is 18.9 Å². The van der Waals surface area contributed by atoms with Crippen LogP contribution in [0.25, 0.3) is 0 Å². The molecule has 0 bridgehead atoms. The van der Waals surface area contributed by atoms with Crippen LogP contribution in [-0.4, -0.2) is 29.1 Å². The molecule has 2 aliphatic heterocycles. The number of nitrogens with one attached hydrogen (secondary N) is 1. The number of amides is 1. The average Bonchev–Trinajstić information content (AvgIpc) is 3.13. The number of fused-ring (bicyclic) bond motifs is 1. The Hall–Kier alpha value is -1.78. The van der Waals surface area contributed by atoms with E-state index in [1.54, 1.807) is 11.8 Å². The first-order valence-corrected chi connectivity index (χ1v) is 10.9. The molecular formula is C23H28N2OS. The Morgan fingerprint density at radius 3 is 2.52 bits per heavy atom. The minimum Gasteiger partial charge on any atom is -0.351 e. The number of hydrogen-bond donors (Lipinski definition) is 1. The van der Waals surface area contributed by atoms with Gasteiger partial charge in [0, 0.05) is 18.0 Å². The number of thioether (sulfide) groups is 1. The summed E-state index contributed by atoms with van der Waals surface area (Å²) in [5, 5.41) is 3.11. The molecule has 2 aliphatic rings. The van der Waals surface area contributed by atoms with Crippen LogP contribution in [0.5, 0.6) is 0 Å². The van der Waals surface area contributed by atoms with Crippen LogP contribution in [0.4, 0.5) is 0 Å². The minimum atomic E-state index is 0.00293. The van der Waals surface area contributed by atoms with Crippen molar-refractivity contribution >= 4 is 17.7 Å². The SMILES string of the molecule is CC1CCN(Cc2ccc(CNC(=O)C3Cc4ccccc4S3)cc2)CC1. The molecule has 4 rings (SSSR count). The second-order valence-corrected chi connectivity index (χ2v) is 9.16. The van der Waals surface area contributed by atoms with Gasteiger partial charge in [-0.3, -0.25) is 9.69 Å². The molecule has 2 aromatic rings. The van der Waals surface area contributed by atoms with Crippen LogP contribution in [0, 0.1) is 5.92 Å². The predicted molar refractivity (Wildman–Crippen MR) is 112 cm³/mol. The highest BCUT2D eigenvalue weighted by Crippen LogP contribution is 2.36. The molecule has 0 aromatic heterocycles. The minimum absolute atomic E-state index is 0.00293. The van der Waals surface area contributed by atoms with Gasteiger partial charge in [-0.2, -0.15) is 0 Å². The Morgan fingerprint density at radius 2 is 1.78 bits per heavy atom. The summed E-state index contributed by atoms with van der Waals surface area (Å²) in [5.74, 6) is 1.01. The highest BCUT2D eigenvalue weighted by molar-refractivity contribution is 8.01. The maximum absolute atomic E-state index is 12.5. The third-order valence-electron chi connectivity index (χ3n) is 5.71. The van der Waals surface area contributed by atoms with E-state index in [1.165, 1.54) is 47.5 Å². The summed E-state index contributed by atoms with van der Waals surface area (Å²) in [7, 11) is 0. The van der Waals surface area contributed by atoms with E-state index in [4.69, 9.17) is 0 Å². The van der Waals surface area contributed by atoms with Gasteiger partial charge < -0.3 is 5.32 Å². The fourth-order valence-corrected chi connectivity index (χ4v) is 5.09. The summed E-state index contributed by atoms with van der Waals surface area (Å²) < 4.78 is 0. The van der Waals surface area contributed by atoms with Crippen molar-refractivity contribution in [3.05, 3.63) is 65.2 Å². The molecule has 27 heavy (non-hydrogen) atoms. The summed E-state index contributed by atoms with van der Waals surface area (Å²) in [6.07, 6.45) is 3.46. The van der Waals surface area contributed by atoms with Gasteiger partial charge in [-0.25, -0.2) is 0 Å². The number of carbonyl (C=O) groups is 1. The van der Waals surface area contributed by atoms with Crippen molar-refractivity contribution < 1.29 is 4.79 Å². The molecule has 2 heterocycles. The molecule has 3 nitrogen and oxygen atoms in total. The molecule has 1 atom stereocenters. The van der Waals surface area contributed by atoms with Crippen LogP contribution in [0.2, 0.25) is 0 Å². The summed E-state index contributed by atoms with van der Waals surface area (Å²) in [5.41, 5.74) is 3.82. The van der Waals surface area contributed by atoms with Crippen LogP contribution in [0.1, 0.15) is 36.5 Å². The van der Waals surface area contributed by atoms with Gasteiger partial charge in [-0.1, -0.05) is 49.4 Å². The molecule has 1 N–H and O–H groups in total. The lowest BCUT2D eigenvalue weighted by molar-refractivity contribution is -0.120. The Kier molecular flexibility index (Phi) is 5.84. The van der Waals surface area contributed by atoms with Gasteiger partial charge in [0.15, 0.2) is 0 Å². The van der Waals surface area contributed by atoms with Gasteiger partial charge in [0.1, 0.15) is 0 Å². The third-order valence-corrected chi connectivity index (χ3v) is 7.03. The number of benzene rings is 2. The molecule has 0 saturated carbocycles. The Morgan fingerprint density at radius 1 is 1.07 bits per heavy atom. The maximum atomic E-state index is 12.5. The smallest absolute Gasteiger partial charge is 0.234 e. The summed E-state index contributed by atoms with van der Waals surface area (Å²) in [6, 6.07) is 17.0. The van der Waals surface area contributed by atoms with Gasteiger partial charge in [-0.15, -0.1) is 11.8 Å². The Balaban J connectivity index is 1.25. The van der Waals surface area contributed by atoms with E-state index in [0.29, 0.717) is 6.54 Å². The standard InChI is InChI=1S/C23H28N2OS/c1-17-10-12-25(13-11-17)16-19-8-6-18(7-9-19)15-24-23(26)22-14-20-4-2-3-5-21(20)27-22/h2-9,17,22H,10-16H2,1H3,(H,24,26). The van der Waals surface area contributed by atoms with Crippen molar-refractivity contribution in [3.8, 4) is 0 Å². The number of nitrogens with zero attached hydrogens (tertiary/aromatic N) is 1. The van der Waals surface area contributed by atoms with Gasteiger partial charge in [0.25, 0.3) is 0 Å². The first-order chi connectivity index (χ1) is 13.2. The number of rotatable bonds is 5. The zero-order valence-corrected chi connectivity index (χ0v) is 16.8. The van der Waals surface area contributed by atoms with Gasteiger partial charge in [0.2, 0.25) is 5.91 Å². The molecule has 0 spiro atoms. The quantitative estimate of drug-likeness (QED) is 0.841. The van der Waals surface area contributed by atoms with Crippen LogP contribution in [0.15, 0.2) is 53.4 Å². The normalized spacial score (nSPS) is 20.4. The zero-order valence-electron chi connectivity index (χ0n) is 16.0. The maximum Gasteiger partial charge on any atom is 0.234 e. The lowest BCUT2D eigenvalue weighted by atomic mass is 9.99. The van der Waals surface area contributed by atoms with E-state index in [2.05, 4.69) is 53.5 Å². The lowest BCUT2D eigenvalue weighted by Gasteiger charge is -2.30. The van der Waals surface area contributed by atoms with Gasteiger partial charge in [0.05, 0.1) is 5.25 Å². The number of carbonyl (C=O) groups excluding carboxylic acids is 1. The van der Waals surface area contributed by atoms with E-state index in [9.17, 15) is 4.79 Å². The molecule has 4 heteroatoms. The molecular weight excluding hydrogens is 352 g/mol. The highest BCUT2D eigenvalue weighted by Gasteiger charge is 2.27. The summed E-state index contributed by atoms with van der Waals surface area (Å²) in [6.45, 7) is 6.41. The number of hydrogen-bond acceptors (Lipinski definition) is 3. The van der Waals surface area contributed by atoms with Gasteiger partial charge in [-0.05, 0) is 61.0 Å². The topological polar surface area (TPSA) is 32.3 Å². The lowest BCUT2D eigenvalue weighted by Crippen LogP contribution is -2.32. The first-order valence-electron chi connectivity index (χ1n) is 10.00. The van der Waals surface area contributed by atoms with Crippen molar-refractivity contribution in [1.29, 1.82) is 0 Å². The summed E-state index contributed by atoms with van der Waals surface area (Å²) >= 11 is 1.68. The van der Waals surface area contributed by atoms with E-state index in [1.807, 2.05) is 12.1 Å². The molecule has 1 amide bonds. The van der Waals surface area contributed by atoms with Crippen molar-refractivity contribution in [2.75, 3.05) is 13.1 Å². The van der Waals surface area contributed by atoms with Crippen LogP contribution >= 0.6 is 11.8 Å². The van der Waals surface area contributed by atoms with Crippen molar-refractivity contribution in [1.82, 2.24) is 10.2 Å². The average molecular weight is 381 g/mol. The predicted octanol–water partition coefficient (Wildman–Crippen LogP) is 4.25. The number of piperidine rings is 1. The van der Waals surface area contributed by atoms with Crippen LogP contribution in [-0.2, 0) is 24.3 Å². The van der Waals surface area contributed by atoms with Crippen molar-refractivity contribution in [2.24, 2.45) is 5.92 Å². The fourth-order valence-electron chi connectivity index (χ4n) is 3.87.